The van der Waals surface area contributed by atoms with Gasteiger partial charge in [-0.2, -0.15) is 9.57 Å². The van der Waals surface area contributed by atoms with Gasteiger partial charge in [0.05, 0.1) is 11.0 Å². The second-order valence-electron chi connectivity index (χ2n) is 6.84. The molecule has 0 unspecified atom stereocenters. The van der Waals surface area contributed by atoms with E-state index in [2.05, 4.69) is 11.4 Å². The Morgan fingerprint density at radius 2 is 1.64 bits per heavy atom. The molecule has 1 saturated heterocycles. The van der Waals surface area contributed by atoms with Crippen molar-refractivity contribution in [1.29, 1.82) is 5.26 Å². The van der Waals surface area contributed by atoms with Gasteiger partial charge in [0, 0.05) is 18.8 Å². The Hall–Kier alpha value is -1.91. The molecule has 0 radical (unpaired) electrons. The third-order valence-electron chi connectivity index (χ3n) is 5.17. The summed E-state index contributed by atoms with van der Waals surface area (Å²) in [7, 11) is -3.47. The third-order valence-corrected chi connectivity index (χ3v) is 7.08. The molecule has 7 heteroatoms. The normalized spacial score (nSPS) is 20.8. The summed E-state index contributed by atoms with van der Waals surface area (Å²) in [5.74, 6) is -0.292. The summed E-state index contributed by atoms with van der Waals surface area (Å²) in [6.45, 7) is 1.12. The van der Waals surface area contributed by atoms with Gasteiger partial charge in [0.2, 0.25) is 15.9 Å². The lowest BCUT2D eigenvalue weighted by atomic mass is 9.87. The molecule has 25 heavy (non-hydrogen) atoms. The maximum Gasteiger partial charge on any atom is 0.244 e. The smallest absolute Gasteiger partial charge is 0.244 e. The van der Waals surface area contributed by atoms with E-state index in [1.807, 2.05) is 0 Å². The third kappa shape index (κ3) is 3.55. The van der Waals surface area contributed by atoms with Crippen molar-refractivity contribution in [1.82, 2.24) is 4.31 Å². The van der Waals surface area contributed by atoms with E-state index in [9.17, 15) is 18.5 Å². The van der Waals surface area contributed by atoms with Crippen molar-refractivity contribution in [3.63, 3.8) is 0 Å². The van der Waals surface area contributed by atoms with Crippen LogP contribution in [0, 0.1) is 16.7 Å². The van der Waals surface area contributed by atoms with Crippen LogP contribution in [-0.4, -0.2) is 31.7 Å². The topological polar surface area (TPSA) is 90.3 Å². The molecule has 1 aromatic rings. The lowest BCUT2D eigenvalue weighted by Gasteiger charge is -2.26. The first-order chi connectivity index (χ1) is 12.0. The zero-order valence-corrected chi connectivity index (χ0v) is 15.0. The molecular weight excluding hydrogens is 338 g/mol. The van der Waals surface area contributed by atoms with Crippen LogP contribution in [0.5, 0.6) is 0 Å². The molecule has 2 aliphatic rings. The summed E-state index contributed by atoms with van der Waals surface area (Å²) in [5.41, 5.74) is -0.428. The standard InChI is InChI=1S/C18H23N3O3S/c19-14-18(10-2-3-11-18)17(22)20-15-6-8-16(9-7-15)25(23,24)21-12-4-1-5-13-21/h6-9H,1-5,10-13H2,(H,20,22). The molecule has 0 bridgehead atoms. The lowest BCUT2D eigenvalue weighted by Crippen LogP contribution is -2.35. The monoisotopic (exact) mass is 361 g/mol. The predicted octanol–water partition coefficient (Wildman–Crippen LogP) is 2.88. The number of piperidine rings is 1. The average molecular weight is 361 g/mol. The number of rotatable bonds is 4. The second-order valence-corrected chi connectivity index (χ2v) is 8.78. The van der Waals surface area contributed by atoms with Gasteiger partial charge in [0.15, 0.2) is 0 Å². The predicted molar refractivity (Wildman–Crippen MR) is 94.2 cm³/mol. The highest BCUT2D eigenvalue weighted by Crippen LogP contribution is 2.38. The number of anilines is 1. The molecular formula is C18H23N3O3S. The molecule has 1 amide bonds. The number of amides is 1. The number of carbonyl (C=O) groups excluding carboxylic acids is 1. The SMILES string of the molecule is N#CC1(C(=O)Nc2ccc(S(=O)(=O)N3CCCCC3)cc2)CCCC1. The molecule has 0 atom stereocenters. The highest BCUT2D eigenvalue weighted by Gasteiger charge is 2.41. The first kappa shape index (κ1) is 17.9. The maximum absolute atomic E-state index is 12.6. The number of nitrogens with zero attached hydrogens (tertiary/aromatic N) is 2. The Balaban J connectivity index is 1.72. The van der Waals surface area contributed by atoms with Crippen molar-refractivity contribution in [3.05, 3.63) is 24.3 Å². The fraction of sp³-hybridized carbons (Fsp3) is 0.556. The van der Waals surface area contributed by atoms with Gasteiger partial charge in [-0.1, -0.05) is 19.3 Å². The Morgan fingerprint density at radius 3 is 2.20 bits per heavy atom. The van der Waals surface area contributed by atoms with Gasteiger partial charge in [0.25, 0.3) is 0 Å². The summed E-state index contributed by atoms with van der Waals surface area (Å²) >= 11 is 0. The molecule has 3 rings (SSSR count). The van der Waals surface area contributed by atoms with Crippen LogP contribution in [0.1, 0.15) is 44.9 Å². The highest BCUT2D eigenvalue weighted by molar-refractivity contribution is 7.89. The maximum atomic E-state index is 12.6. The number of nitrogens with one attached hydrogen (secondary N) is 1. The summed E-state index contributed by atoms with van der Waals surface area (Å²) < 4.78 is 26.8. The molecule has 1 saturated carbocycles. The molecule has 6 nitrogen and oxygen atoms in total. The van der Waals surface area contributed by atoms with E-state index < -0.39 is 15.4 Å². The quantitative estimate of drug-likeness (QED) is 0.893. The first-order valence-electron chi connectivity index (χ1n) is 8.81. The number of benzene rings is 1. The van der Waals surface area contributed by atoms with Gasteiger partial charge in [-0.05, 0) is 49.9 Å². The molecule has 1 heterocycles. The van der Waals surface area contributed by atoms with Gasteiger partial charge in [0.1, 0.15) is 5.41 Å². The number of carbonyl (C=O) groups is 1. The van der Waals surface area contributed by atoms with E-state index >= 15 is 0 Å². The minimum Gasteiger partial charge on any atom is -0.325 e. The fourth-order valence-electron chi connectivity index (χ4n) is 3.58. The molecule has 1 N–H and O–H groups in total. The molecule has 0 spiro atoms. The molecule has 0 aromatic heterocycles. The van der Waals surface area contributed by atoms with Crippen molar-refractivity contribution in [2.75, 3.05) is 18.4 Å². The van der Waals surface area contributed by atoms with Crippen molar-refractivity contribution in [2.45, 2.75) is 49.8 Å². The van der Waals surface area contributed by atoms with Crippen molar-refractivity contribution >= 4 is 21.6 Å². The Labute approximate surface area is 148 Å². The zero-order valence-electron chi connectivity index (χ0n) is 14.2. The van der Waals surface area contributed by atoms with Crippen LogP contribution in [0.2, 0.25) is 0 Å². The highest BCUT2D eigenvalue weighted by atomic mass is 32.2. The summed E-state index contributed by atoms with van der Waals surface area (Å²) in [4.78, 5) is 12.7. The molecule has 1 aromatic carbocycles. The van der Waals surface area contributed by atoms with E-state index in [1.54, 1.807) is 12.1 Å². The minimum atomic E-state index is -3.47. The number of sulfonamides is 1. The largest absolute Gasteiger partial charge is 0.325 e. The molecule has 1 aliphatic heterocycles. The molecule has 134 valence electrons. The van der Waals surface area contributed by atoms with Crippen molar-refractivity contribution < 1.29 is 13.2 Å². The van der Waals surface area contributed by atoms with Crippen molar-refractivity contribution in [3.8, 4) is 6.07 Å². The minimum absolute atomic E-state index is 0.239. The van der Waals surface area contributed by atoms with Crippen LogP contribution in [0.25, 0.3) is 0 Å². The number of nitriles is 1. The van der Waals surface area contributed by atoms with E-state index in [-0.39, 0.29) is 10.8 Å². The van der Waals surface area contributed by atoms with Gasteiger partial charge in [-0.15, -0.1) is 0 Å². The number of hydrogen-bond acceptors (Lipinski definition) is 4. The van der Waals surface area contributed by atoms with Crippen LogP contribution >= 0.6 is 0 Å². The Kier molecular flexibility index (Phi) is 5.11. The van der Waals surface area contributed by atoms with E-state index in [1.165, 1.54) is 16.4 Å². The number of hydrogen-bond donors (Lipinski definition) is 1. The summed E-state index contributed by atoms with van der Waals surface area (Å²) in [6, 6.07) is 8.39. The van der Waals surface area contributed by atoms with Gasteiger partial charge in [-0.3, -0.25) is 4.79 Å². The first-order valence-corrected chi connectivity index (χ1v) is 10.2. The Morgan fingerprint density at radius 1 is 1.04 bits per heavy atom. The average Bonchev–Trinajstić information content (AvgIpc) is 3.13. The van der Waals surface area contributed by atoms with Gasteiger partial charge >= 0.3 is 0 Å². The van der Waals surface area contributed by atoms with Gasteiger partial charge < -0.3 is 5.32 Å². The van der Waals surface area contributed by atoms with E-state index in [4.69, 9.17) is 0 Å². The zero-order chi connectivity index (χ0) is 17.9. The van der Waals surface area contributed by atoms with Crippen LogP contribution in [0.4, 0.5) is 5.69 Å². The van der Waals surface area contributed by atoms with E-state index in [0.717, 1.165) is 32.1 Å². The Bertz CT molecular complexity index is 769. The lowest BCUT2D eigenvalue weighted by molar-refractivity contribution is -0.122. The van der Waals surface area contributed by atoms with Crippen molar-refractivity contribution in [2.24, 2.45) is 5.41 Å². The van der Waals surface area contributed by atoms with Crippen LogP contribution in [-0.2, 0) is 14.8 Å². The fourth-order valence-corrected chi connectivity index (χ4v) is 5.10. The second kappa shape index (κ2) is 7.14. The van der Waals surface area contributed by atoms with Gasteiger partial charge in [-0.25, -0.2) is 8.42 Å². The summed E-state index contributed by atoms with van der Waals surface area (Å²) in [5, 5.41) is 12.1. The van der Waals surface area contributed by atoms with E-state index in [0.29, 0.717) is 31.6 Å². The summed E-state index contributed by atoms with van der Waals surface area (Å²) in [6.07, 6.45) is 5.78. The van der Waals surface area contributed by atoms with Crippen LogP contribution < -0.4 is 5.32 Å². The van der Waals surface area contributed by atoms with Crippen LogP contribution in [0.3, 0.4) is 0 Å². The molecule has 1 aliphatic carbocycles. The molecule has 2 fully saturated rings. The van der Waals surface area contributed by atoms with Crippen LogP contribution in [0.15, 0.2) is 29.2 Å².